The monoisotopic (exact) mass is 410 g/mol. The van der Waals surface area contributed by atoms with Gasteiger partial charge in [-0.2, -0.15) is 0 Å². The van der Waals surface area contributed by atoms with Crippen LogP contribution in [0.25, 0.3) is 0 Å². The van der Waals surface area contributed by atoms with Crippen LogP contribution < -0.4 is 10.1 Å². The molecule has 4 nitrogen and oxygen atoms in total. The van der Waals surface area contributed by atoms with Crippen molar-refractivity contribution < 1.29 is 9.53 Å². The fourth-order valence-electron chi connectivity index (χ4n) is 1.89. The van der Waals surface area contributed by atoms with Crippen molar-refractivity contribution in [2.75, 3.05) is 11.9 Å². The summed E-state index contributed by atoms with van der Waals surface area (Å²) < 4.78 is 6.63. The van der Waals surface area contributed by atoms with E-state index in [4.69, 9.17) is 4.74 Å². The lowest BCUT2D eigenvalue weighted by molar-refractivity contribution is 0.102. The van der Waals surface area contributed by atoms with Gasteiger partial charge in [0.15, 0.2) is 0 Å². The molecule has 2 aromatic rings. The van der Waals surface area contributed by atoms with Gasteiger partial charge < -0.3 is 10.1 Å². The molecule has 1 N–H and O–H groups in total. The van der Waals surface area contributed by atoms with Crippen molar-refractivity contribution in [1.29, 1.82) is 0 Å². The van der Waals surface area contributed by atoms with Crippen LogP contribution in [0.5, 0.6) is 5.75 Å². The summed E-state index contributed by atoms with van der Waals surface area (Å²) in [6.45, 7) is 4.75. The van der Waals surface area contributed by atoms with Crippen LogP contribution in [0.4, 0.5) is 5.82 Å². The quantitative estimate of drug-likeness (QED) is 0.567. The van der Waals surface area contributed by atoms with Crippen LogP contribution in [0.2, 0.25) is 0 Å². The second kappa shape index (κ2) is 8.12. The van der Waals surface area contributed by atoms with Gasteiger partial charge in [-0.25, -0.2) is 4.98 Å². The highest BCUT2D eigenvalue weighted by Crippen LogP contribution is 2.17. The highest BCUT2D eigenvalue weighted by atomic mass is 127. The Hall–Kier alpha value is -1.63. The van der Waals surface area contributed by atoms with E-state index in [9.17, 15) is 4.79 Å². The molecule has 0 aliphatic rings. The standard InChI is InChI=1S/C17H19IN2O2/c1-3-4-9-22-15-7-5-13(6-8-15)17(21)20-16-12(2)10-14(18)11-19-16/h5-8,10-11H,3-4,9H2,1-2H3,(H,19,20,21). The number of carbonyl (C=O) groups excluding carboxylic acids is 1. The Kier molecular flexibility index (Phi) is 6.18. The van der Waals surface area contributed by atoms with Crippen LogP contribution in [0.3, 0.4) is 0 Å². The van der Waals surface area contributed by atoms with Crippen LogP contribution in [0.1, 0.15) is 35.7 Å². The predicted molar refractivity (Wildman–Crippen MR) is 96.5 cm³/mol. The zero-order valence-corrected chi connectivity index (χ0v) is 14.9. The molecule has 0 unspecified atom stereocenters. The van der Waals surface area contributed by atoms with Crippen LogP contribution >= 0.6 is 22.6 Å². The predicted octanol–water partition coefficient (Wildman–Crippen LogP) is 4.43. The van der Waals surface area contributed by atoms with Crippen molar-refractivity contribution >= 4 is 34.3 Å². The minimum Gasteiger partial charge on any atom is -0.494 e. The Morgan fingerprint density at radius 1 is 1.32 bits per heavy atom. The van der Waals surface area contributed by atoms with Crippen LogP contribution in [-0.2, 0) is 0 Å². The molecule has 1 heterocycles. The van der Waals surface area contributed by atoms with Gasteiger partial charge in [-0.15, -0.1) is 0 Å². The smallest absolute Gasteiger partial charge is 0.256 e. The molecule has 0 bridgehead atoms. The third-order valence-corrected chi connectivity index (χ3v) is 3.75. The summed E-state index contributed by atoms with van der Waals surface area (Å²) in [5.74, 6) is 1.21. The van der Waals surface area contributed by atoms with E-state index in [1.54, 1.807) is 18.3 Å². The first kappa shape index (κ1) is 16.7. The van der Waals surface area contributed by atoms with Crippen molar-refractivity contribution in [2.45, 2.75) is 26.7 Å². The molecular formula is C17H19IN2O2. The third-order valence-electron chi connectivity index (χ3n) is 3.16. The van der Waals surface area contributed by atoms with E-state index in [2.05, 4.69) is 39.8 Å². The molecule has 1 aromatic heterocycles. The summed E-state index contributed by atoms with van der Waals surface area (Å²) in [5.41, 5.74) is 1.53. The van der Waals surface area contributed by atoms with Gasteiger partial charge in [0.25, 0.3) is 5.91 Å². The Morgan fingerprint density at radius 3 is 2.68 bits per heavy atom. The largest absolute Gasteiger partial charge is 0.494 e. The number of ether oxygens (including phenoxy) is 1. The second-order valence-corrected chi connectivity index (χ2v) is 6.25. The Labute approximate surface area is 144 Å². The van der Waals surface area contributed by atoms with Crippen molar-refractivity contribution in [3.8, 4) is 5.75 Å². The fourth-order valence-corrected chi connectivity index (χ4v) is 2.49. The number of unbranched alkanes of at least 4 members (excludes halogenated alkanes) is 1. The second-order valence-electron chi connectivity index (χ2n) is 5.00. The number of anilines is 1. The number of nitrogens with zero attached hydrogens (tertiary/aromatic N) is 1. The summed E-state index contributed by atoms with van der Waals surface area (Å²) in [4.78, 5) is 16.5. The van der Waals surface area contributed by atoms with Gasteiger partial charge in [0.2, 0.25) is 0 Å². The van der Waals surface area contributed by atoms with Gasteiger partial charge in [0.05, 0.1) is 6.61 Å². The summed E-state index contributed by atoms with van der Waals surface area (Å²) in [5, 5.41) is 2.83. The van der Waals surface area contributed by atoms with Crippen molar-refractivity contribution in [3.63, 3.8) is 0 Å². The molecule has 22 heavy (non-hydrogen) atoms. The maximum Gasteiger partial charge on any atom is 0.256 e. The van der Waals surface area contributed by atoms with Crippen molar-refractivity contribution in [2.24, 2.45) is 0 Å². The lowest BCUT2D eigenvalue weighted by Gasteiger charge is -2.09. The van der Waals surface area contributed by atoms with E-state index in [0.717, 1.165) is 27.7 Å². The molecule has 0 atom stereocenters. The van der Waals surface area contributed by atoms with Gasteiger partial charge in [0, 0.05) is 15.3 Å². The lowest BCUT2D eigenvalue weighted by atomic mass is 10.2. The van der Waals surface area contributed by atoms with E-state index in [-0.39, 0.29) is 5.91 Å². The maximum atomic E-state index is 12.2. The number of rotatable bonds is 6. The molecule has 0 fully saturated rings. The van der Waals surface area contributed by atoms with E-state index in [0.29, 0.717) is 18.0 Å². The lowest BCUT2D eigenvalue weighted by Crippen LogP contribution is -2.14. The van der Waals surface area contributed by atoms with E-state index < -0.39 is 0 Å². The number of aromatic nitrogens is 1. The van der Waals surface area contributed by atoms with Gasteiger partial charge in [-0.1, -0.05) is 13.3 Å². The number of hydrogen-bond acceptors (Lipinski definition) is 3. The Morgan fingerprint density at radius 2 is 2.05 bits per heavy atom. The molecule has 0 radical (unpaired) electrons. The van der Waals surface area contributed by atoms with Crippen molar-refractivity contribution in [3.05, 3.63) is 51.2 Å². The Balaban J connectivity index is 2.00. The molecule has 0 aliphatic carbocycles. The molecule has 2 rings (SSSR count). The summed E-state index contributed by atoms with van der Waals surface area (Å²) in [7, 11) is 0. The maximum absolute atomic E-state index is 12.2. The third kappa shape index (κ3) is 4.69. The van der Waals surface area contributed by atoms with Crippen LogP contribution in [0, 0.1) is 10.5 Å². The van der Waals surface area contributed by atoms with Crippen LogP contribution in [0.15, 0.2) is 36.5 Å². The van der Waals surface area contributed by atoms with E-state index in [1.165, 1.54) is 0 Å². The average Bonchev–Trinajstić information content (AvgIpc) is 2.51. The summed E-state index contributed by atoms with van der Waals surface area (Å²) in [6.07, 6.45) is 3.86. The number of benzene rings is 1. The number of nitrogens with one attached hydrogen (secondary N) is 1. The van der Waals surface area contributed by atoms with Gasteiger partial charge in [0.1, 0.15) is 11.6 Å². The first-order valence-corrected chi connectivity index (χ1v) is 8.34. The van der Waals surface area contributed by atoms with Gasteiger partial charge in [-0.3, -0.25) is 4.79 Å². The number of amides is 1. The SMILES string of the molecule is CCCCOc1ccc(C(=O)Nc2ncc(I)cc2C)cc1. The minimum absolute atomic E-state index is 0.170. The molecule has 0 saturated carbocycles. The van der Waals surface area contributed by atoms with E-state index >= 15 is 0 Å². The topological polar surface area (TPSA) is 51.2 Å². The summed E-state index contributed by atoms with van der Waals surface area (Å²) >= 11 is 2.20. The van der Waals surface area contributed by atoms with Gasteiger partial charge in [-0.05, 0) is 71.8 Å². The average molecular weight is 410 g/mol. The minimum atomic E-state index is -0.170. The number of halogens is 1. The number of carbonyl (C=O) groups is 1. The zero-order valence-electron chi connectivity index (χ0n) is 12.7. The van der Waals surface area contributed by atoms with Gasteiger partial charge >= 0.3 is 0 Å². The molecule has 5 heteroatoms. The fraction of sp³-hybridized carbons (Fsp3) is 0.294. The first-order chi connectivity index (χ1) is 10.6. The van der Waals surface area contributed by atoms with Crippen LogP contribution in [-0.4, -0.2) is 17.5 Å². The molecule has 116 valence electrons. The molecule has 0 aliphatic heterocycles. The number of pyridine rings is 1. The first-order valence-electron chi connectivity index (χ1n) is 7.26. The molecular weight excluding hydrogens is 391 g/mol. The van der Waals surface area contributed by atoms with E-state index in [1.807, 2.05) is 25.1 Å². The number of hydrogen-bond donors (Lipinski definition) is 1. The molecule has 1 aromatic carbocycles. The van der Waals surface area contributed by atoms with Crippen molar-refractivity contribution in [1.82, 2.24) is 4.98 Å². The zero-order chi connectivity index (χ0) is 15.9. The Bertz CT molecular complexity index is 642. The molecule has 0 saturated heterocycles. The normalized spacial score (nSPS) is 10.3. The highest BCUT2D eigenvalue weighted by molar-refractivity contribution is 14.1. The number of aryl methyl sites for hydroxylation is 1. The molecule has 1 amide bonds. The highest BCUT2D eigenvalue weighted by Gasteiger charge is 2.09. The summed E-state index contributed by atoms with van der Waals surface area (Å²) in [6, 6.07) is 9.14. The molecule has 0 spiro atoms.